The number of imide groups is 1. The average molecular weight is 389 g/mol. The Morgan fingerprint density at radius 3 is 2.78 bits per heavy atom. The maximum atomic E-state index is 12.9. The van der Waals surface area contributed by atoms with Gasteiger partial charge in [0.15, 0.2) is 11.5 Å². The summed E-state index contributed by atoms with van der Waals surface area (Å²) in [6.07, 6.45) is 0. The zero-order valence-corrected chi connectivity index (χ0v) is 15.3. The number of nitrogens with zero attached hydrogens (tertiary/aromatic N) is 1. The fourth-order valence-corrected chi connectivity index (χ4v) is 3.30. The molecule has 0 unspecified atom stereocenters. The summed E-state index contributed by atoms with van der Waals surface area (Å²) in [7, 11) is 0. The number of carbonyl (C=O) groups is 2. The summed E-state index contributed by atoms with van der Waals surface area (Å²) in [6, 6.07) is 11.7. The molecule has 1 saturated heterocycles. The molecule has 0 saturated carbocycles. The third kappa shape index (κ3) is 3.04. The van der Waals surface area contributed by atoms with Gasteiger partial charge in [0.05, 0.1) is 11.6 Å². The average Bonchev–Trinajstić information content (AvgIpc) is 3.21. The summed E-state index contributed by atoms with van der Waals surface area (Å²) in [6.45, 7) is 2.05. The highest BCUT2D eigenvalue weighted by molar-refractivity contribution is 6.32. The van der Waals surface area contributed by atoms with Crippen LogP contribution >= 0.6 is 11.6 Å². The van der Waals surface area contributed by atoms with Crippen LogP contribution in [0.3, 0.4) is 0 Å². The second-order valence-electron chi connectivity index (χ2n) is 6.36. The molecule has 2 aromatic carbocycles. The second kappa shape index (κ2) is 6.66. The van der Waals surface area contributed by atoms with Gasteiger partial charge in [0.25, 0.3) is 5.91 Å². The fourth-order valence-electron chi connectivity index (χ4n) is 3.11. The topological polar surface area (TPSA) is 77.1 Å². The summed E-state index contributed by atoms with van der Waals surface area (Å²) in [5.41, 5.74) is -0.553. The van der Waals surface area contributed by atoms with E-state index in [0.29, 0.717) is 27.8 Å². The normalized spacial score (nSPS) is 20.7. The summed E-state index contributed by atoms with van der Waals surface area (Å²) < 4.78 is 16.2. The number of benzene rings is 2. The van der Waals surface area contributed by atoms with Crippen molar-refractivity contribution in [3.63, 3.8) is 0 Å². The molecule has 2 aliphatic heterocycles. The van der Waals surface area contributed by atoms with E-state index in [-0.39, 0.29) is 25.9 Å². The van der Waals surface area contributed by atoms with Crippen molar-refractivity contribution in [3.8, 4) is 17.2 Å². The molecule has 0 aliphatic carbocycles. The molecule has 0 aromatic heterocycles. The Labute approximate surface area is 160 Å². The molecule has 8 heteroatoms. The lowest BCUT2D eigenvalue weighted by atomic mass is 9.91. The SMILES string of the molecule is C[C@]1(c2ccc3c(c2)OCO3)NC(=O)N(CCOc2ccccc2Cl)C1=O. The van der Waals surface area contributed by atoms with Gasteiger partial charge >= 0.3 is 6.03 Å². The number of nitrogens with one attached hydrogen (secondary N) is 1. The van der Waals surface area contributed by atoms with Gasteiger partial charge in [-0.2, -0.15) is 0 Å². The molecule has 0 spiro atoms. The van der Waals surface area contributed by atoms with Gasteiger partial charge in [-0.3, -0.25) is 9.69 Å². The number of urea groups is 1. The molecule has 7 nitrogen and oxygen atoms in total. The molecule has 4 rings (SSSR count). The largest absolute Gasteiger partial charge is 0.490 e. The quantitative estimate of drug-likeness (QED) is 0.797. The number of hydrogen-bond acceptors (Lipinski definition) is 5. The molecule has 1 atom stereocenters. The third-order valence-corrected chi connectivity index (χ3v) is 4.95. The molecule has 2 aliphatic rings. The summed E-state index contributed by atoms with van der Waals surface area (Å²) in [5, 5.41) is 3.23. The highest BCUT2D eigenvalue weighted by Gasteiger charge is 2.49. The van der Waals surface area contributed by atoms with E-state index in [1.807, 2.05) is 0 Å². The van der Waals surface area contributed by atoms with Crippen LogP contribution in [0.15, 0.2) is 42.5 Å². The molecular weight excluding hydrogens is 372 g/mol. The molecule has 2 aromatic rings. The molecule has 2 heterocycles. The standard InChI is InChI=1S/C19H17ClN2O5/c1-19(12-6-7-15-16(10-12)27-11-26-15)17(23)22(18(24)21-19)8-9-25-14-5-3-2-4-13(14)20/h2-7,10H,8-9,11H2,1H3,(H,21,24)/t19-/m1/s1. The first kappa shape index (κ1) is 17.5. The maximum absolute atomic E-state index is 12.9. The second-order valence-corrected chi connectivity index (χ2v) is 6.77. The van der Waals surface area contributed by atoms with Crippen molar-refractivity contribution in [1.29, 1.82) is 0 Å². The number of rotatable bonds is 5. The lowest BCUT2D eigenvalue weighted by Crippen LogP contribution is -2.41. The lowest BCUT2D eigenvalue weighted by Gasteiger charge is -2.22. The van der Waals surface area contributed by atoms with Gasteiger partial charge < -0.3 is 19.5 Å². The third-order valence-electron chi connectivity index (χ3n) is 4.63. The van der Waals surface area contributed by atoms with Crippen molar-refractivity contribution < 1.29 is 23.8 Å². The number of hydrogen-bond donors (Lipinski definition) is 1. The first-order valence-corrected chi connectivity index (χ1v) is 8.78. The highest BCUT2D eigenvalue weighted by atomic mass is 35.5. The van der Waals surface area contributed by atoms with Crippen LogP contribution in [0.1, 0.15) is 12.5 Å². The van der Waals surface area contributed by atoms with Crippen LogP contribution in [0.2, 0.25) is 5.02 Å². The van der Waals surface area contributed by atoms with Gasteiger partial charge in [0.2, 0.25) is 6.79 Å². The smallest absolute Gasteiger partial charge is 0.325 e. The van der Waals surface area contributed by atoms with Crippen molar-refractivity contribution in [1.82, 2.24) is 10.2 Å². The summed E-state index contributed by atoms with van der Waals surface area (Å²) >= 11 is 6.04. The minimum Gasteiger partial charge on any atom is -0.490 e. The van der Waals surface area contributed by atoms with Crippen molar-refractivity contribution in [2.75, 3.05) is 19.9 Å². The Kier molecular flexibility index (Phi) is 4.31. The molecule has 1 N–H and O–H groups in total. The van der Waals surface area contributed by atoms with Crippen LogP contribution in [0.25, 0.3) is 0 Å². The van der Waals surface area contributed by atoms with Crippen LogP contribution < -0.4 is 19.5 Å². The molecule has 140 valence electrons. The van der Waals surface area contributed by atoms with Gasteiger partial charge in [-0.25, -0.2) is 4.79 Å². The number of amides is 3. The first-order chi connectivity index (χ1) is 13.0. The Morgan fingerprint density at radius 2 is 1.96 bits per heavy atom. The minimum absolute atomic E-state index is 0.107. The van der Waals surface area contributed by atoms with Crippen molar-refractivity contribution in [2.24, 2.45) is 0 Å². The maximum Gasteiger partial charge on any atom is 0.325 e. The predicted octanol–water partition coefficient (Wildman–Crippen LogP) is 2.91. The zero-order chi connectivity index (χ0) is 19.0. The first-order valence-electron chi connectivity index (χ1n) is 8.40. The van der Waals surface area contributed by atoms with E-state index in [4.69, 9.17) is 25.8 Å². The van der Waals surface area contributed by atoms with Crippen LogP contribution in [0, 0.1) is 0 Å². The van der Waals surface area contributed by atoms with Crippen LogP contribution in [0.5, 0.6) is 17.2 Å². The molecule has 1 fully saturated rings. The van der Waals surface area contributed by atoms with Crippen LogP contribution in [-0.4, -0.2) is 36.8 Å². The predicted molar refractivity (Wildman–Crippen MR) is 97.1 cm³/mol. The number of fused-ring (bicyclic) bond motifs is 1. The Hall–Kier alpha value is -2.93. The molecule has 27 heavy (non-hydrogen) atoms. The lowest BCUT2D eigenvalue weighted by molar-refractivity contribution is -0.131. The molecule has 0 radical (unpaired) electrons. The van der Waals surface area contributed by atoms with Gasteiger partial charge in [0.1, 0.15) is 17.9 Å². The zero-order valence-electron chi connectivity index (χ0n) is 14.5. The van der Waals surface area contributed by atoms with Gasteiger partial charge in [-0.1, -0.05) is 29.8 Å². The van der Waals surface area contributed by atoms with Crippen molar-refractivity contribution >= 4 is 23.5 Å². The number of para-hydroxylation sites is 1. The van der Waals surface area contributed by atoms with E-state index in [1.165, 1.54) is 0 Å². The summed E-state index contributed by atoms with van der Waals surface area (Å²) in [5.74, 6) is 1.32. The minimum atomic E-state index is -1.18. The van der Waals surface area contributed by atoms with Gasteiger partial charge in [-0.15, -0.1) is 0 Å². The Balaban J connectivity index is 1.47. The fraction of sp³-hybridized carbons (Fsp3) is 0.263. The van der Waals surface area contributed by atoms with Crippen molar-refractivity contribution in [3.05, 3.63) is 53.1 Å². The van der Waals surface area contributed by atoms with Gasteiger partial charge in [0, 0.05) is 0 Å². The molecular formula is C19H17ClN2O5. The summed E-state index contributed by atoms with van der Waals surface area (Å²) in [4.78, 5) is 26.4. The van der Waals surface area contributed by atoms with E-state index in [0.717, 1.165) is 4.90 Å². The van der Waals surface area contributed by atoms with E-state index >= 15 is 0 Å². The number of carbonyl (C=O) groups excluding carboxylic acids is 2. The van der Waals surface area contributed by atoms with Crippen LogP contribution in [0.4, 0.5) is 4.79 Å². The highest BCUT2D eigenvalue weighted by Crippen LogP contribution is 2.37. The van der Waals surface area contributed by atoms with E-state index in [2.05, 4.69) is 5.32 Å². The van der Waals surface area contributed by atoms with E-state index < -0.39 is 11.6 Å². The molecule has 0 bridgehead atoms. The Bertz CT molecular complexity index is 919. The Morgan fingerprint density at radius 1 is 1.19 bits per heavy atom. The molecule has 3 amide bonds. The number of halogens is 1. The monoisotopic (exact) mass is 388 g/mol. The van der Waals surface area contributed by atoms with Crippen LogP contribution in [-0.2, 0) is 10.3 Å². The number of ether oxygens (including phenoxy) is 3. The van der Waals surface area contributed by atoms with E-state index in [9.17, 15) is 9.59 Å². The van der Waals surface area contributed by atoms with E-state index in [1.54, 1.807) is 49.4 Å². The van der Waals surface area contributed by atoms with Crippen molar-refractivity contribution in [2.45, 2.75) is 12.5 Å². The van der Waals surface area contributed by atoms with Gasteiger partial charge in [-0.05, 0) is 36.8 Å².